The van der Waals surface area contributed by atoms with Crippen molar-refractivity contribution in [3.05, 3.63) is 59.9 Å². The third kappa shape index (κ3) is 4.79. The Bertz CT molecular complexity index is 661. The molecule has 0 bridgehead atoms. The number of nitrogens with one attached hydrogen (secondary N) is 1. The topological polar surface area (TPSA) is 52.6 Å². The molecule has 0 atom stereocenters. The van der Waals surface area contributed by atoms with Crippen molar-refractivity contribution in [2.45, 2.75) is 27.3 Å². The molecule has 0 aromatic heterocycles. The van der Waals surface area contributed by atoms with Crippen LogP contribution in [0.3, 0.4) is 0 Å². The maximum Gasteiger partial charge on any atom is 0.251 e. The number of hydrogen-bond acceptors (Lipinski definition) is 3. The molecule has 4 nitrogen and oxygen atoms in total. The van der Waals surface area contributed by atoms with Gasteiger partial charge in [0.1, 0.15) is 5.82 Å². The lowest BCUT2D eigenvalue weighted by molar-refractivity contribution is -0.177. The van der Waals surface area contributed by atoms with Gasteiger partial charge in [-0.15, -0.1) is 0 Å². The van der Waals surface area contributed by atoms with Crippen molar-refractivity contribution in [1.82, 2.24) is 5.06 Å². The van der Waals surface area contributed by atoms with E-state index >= 15 is 0 Å². The monoisotopic (exact) mass is 316 g/mol. The van der Waals surface area contributed by atoms with Crippen LogP contribution in [0.2, 0.25) is 0 Å². The lowest BCUT2D eigenvalue weighted by atomic mass is 9.95. The van der Waals surface area contributed by atoms with Crippen LogP contribution in [0, 0.1) is 11.2 Å². The van der Waals surface area contributed by atoms with Gasteiger partial charge in [0.05, 0.1) is 6.54 Å². The highest BCUT2D eigenvalue weighted by Gasteiger charge is 2.26. The molecule has 0 fully saturated rings. The predicted molar refractivity (Wildman–Crippen MR) is 87.9 cm³/mol. The molecule has 122 valence electrons. The molecule has 0 aliphatic carbocycles. The fourth-order valence-electron chi connectivity index (χ4n) is 2.03. The number of carbonyl (C=O) groups excluding carboxylic acids is 1. The van der Waals surface area contributed by atoms with Gasteiger partial charge >= 0.3 is 0 Å². The first-order valence-electron chi connectivity index (χ1n) is 7.38. The third-order valence-electron chi connectivity index (χ3n) is 3.30. The van der Waals surface area contributed by atoms with E-state index in [0.717, 1.165) is 22.0 Å². The average Bonchev–Trinajstić information content (AvgIpc) is 2.50. The molecular formula is C18H21FN2O2. The highest BCUT2D eigenvalue weighted by molar-refractivity contribution is 5.80. The van der Waals surface area contributed by atoms with Crippen LogP contribution in [0.5, 0.6) is 0 Å². The van der Waals surface area contributed by atoms with Gasteiger partial charge in [-0.05, 0) is 42.0 Å². The van der Waals surface area contributed by atoms with E-state index in [-0.39, 0.29) is 18.3 Å². The maximum atomic E-state index is 12.9. The van der Waals surface area contributed by atoms with Crippen LogP contribution in [0.25, 0.3) is 0 Å². The van der Waals surface area contributed by atoms with Crippen LogP contribution >= 0.6 is 0 Å². The van der Waals surface area contributed by atoms with E-state index in [1.165, 1.54) is 12.1 Å². The lowest BCUT2D eigenvalue weighted by Gasteiger charge is -2.24. The first-order chi connectivity index (χ1) is 10.8. The molecule has 0 spiro atoms. The molecular weight excluding hydrogens is 295 g/mol. The van der Waals surface area contributed by atoms with Gasteiger partial charge in [-0.25, -0.2) is 9.45 Å². The summed E-state index contributed by atoms with van der Waals surface area (Å²) in [6, 6.07) is 13.4. The second-order valence-electron chi connectivity index (χ2n) is 6.44. The van der Waals surface area contributed by atoms with E-state index in [9.17, 15) is 14.4 Å². The quantitative estimate of drug-likeness (QED) is 0.652. The Hall–Kier alpha value is -2.40. The first-order valence-corrected chi connectivity index (χ1v) is 7.38. The molecule has 2 rings (SSSR count). The number of nitrogens with zero attached hydrogens (tertiary/aromatic N) is 1. The second-order valence-corrected chi connectivity index (χ2v) is 6.44. The molecule has 2 aromatic rings. The molecule has 0 heterocycles. The number of hydroxylamine groups is 2. The molecule has 0 radical (unpaired) electrons. The lowest BCUT2D eigenvalue weighted by Crippen LogP contribution is -2.36. The SMILES string of the molecule is CC(C)(C)C(=O)N(O)Cc1ccc(Nc2ccc(F)cc2)cc1. The summed E-state index contributed by atoms with van der Waals surface area (Å²) in [6.45, 7) is 5.41. The largest absolute Gasteiger partial charge is 0.356 e. The third-order valence-corrected chi connectivity index (χ3v) is 3.30. The van der Waals surface area contributed by atoms with Crippen molar-refractivity contribution in [1.29, 1.82) is 0 Å². The van der Waals surface area contributed by atoms with Crippen molar-refractivity contribution >= 4 is 17.3 Å². The highest BCUT2D eigenvalue weighted by Crippen LogP contribution is 2.20. The summed E-state index contributed by atoms with van der Waals surface area (Å²) in [4.78, 5) is 11.9. The summed E-state index contributed by atoms with van der Waals surface area (Å²) >= 11 is 0. The standard InChI is InChI=1S/C18H21FN2O2/c1-18(2,3)17(22)21(23)12-13-4-8-15(9-5-13)20-16-10-6-14(19)7-11-16/h4-11,20,23H,12H2,1-3H3. The summed E-state index contributed by atoms with van der Waals surface area (Å²) in [5, 5.41) is 13.8. The number of amides is 1. The van der Waals surface area contributed by atoms with Crippen molar-refractivity contribution in [2.75, 3.05) is 5.32 Å². The molecule has 0 aliphatic heterocycles. The van der Waals surface area contributed by atoms with Crippen LogP contribution in [0.4, 0.5) is 15.8 Å². The molecule has 0 saturated carbocycles. The van der Waals surface area contributed by atoms with Crippen LogP contribution < -0.4 is 5.32 Å². The van der Waals surface area contributed by atoms with Gasteiger partial charge in [0.15, 0.2) is 0 Å². The Balaban J connectivity index is 1.99. The normalized spacial score (nSPS) is 11.2. The highest BCUT2D eigenvalue weighted by atomic mass is 19.1. The molecule has 5 heteroatoms. The minimum absolute atomic E-state index is 0.132. The number of halogens is 1. The Morgan fingerprint density at radius 1 is 1.04 bits per heavy atom. The molecule has 2 N–H and O–H groups in total. The molecule has 23 heavy (non-hydrogen) atoms. The fourth-order valence-corrected chi connectivity index (χ4v) is 2.03. The maximum absolute atomic E-state index is 12.9. The summed E-state index contributed by atoms with van der Waals surface area (Å²) < 4.78 is 12.9. The van der Waals surface area contributed by atoms with E-state index in [1.807, 2.05) is 24.3 Å². The number of anilines is 2. The van der Waals surface area contributed by atoms with Crippen molar-refractivity contribution in [2.24, 2.45) is 5.41 Å². The van der Waals surface area contributed by atoms with Gasteiger partial charge in [0.2, 0.25) is 0 Å². The van der Waals surface area contributed by atoms with Crippen LogP contribution in [0.15, 0.2) is 48.5 Å². The number of rotatable bonds is 4. The smallest absolute Gasteiger partial charge is 0.251 e. The van der Waals surface area contributed by atoms with Crippen molar-refractivity contribution in [3.8, 4) is 0 Å². The summed E-state index contributed by atoms with van der Waals surface area (Å²) in [7, 11) is 0. The van der Waals surface area contributed by atoms with Crippen molar-refractivity contribution in [3.63, 3.8) is 0 Å². The van der Waals surface area contributed by atoms with Gasteiger partial charge < -0.3 is 5.32 Å². The van der Waals surface area contributed by atoms with E-state index in [4.69, 9.17) is 0 Å². The Labute approximate surface area is 135 Å². The van der Waals surface area contributed by atoms with Gasteiger partial charge in [-0.2, -0.15) is 0 Å². The number of benzene rings is 2. The van der Waals surface area contributed by atoms with E-state index in [1.54, 1.807) is 32.9 Å². The molecule has 1 amide bonds. The Morgan fingerprint density at radius 3 is 2.00 bits per heavy atom. The van der Waals surface area contributed by atoms with Crippen LogP contribution in [-0.2, 0) is 11.3 Å². The first kappa shape index (κ1) is 17.0. The predicted octanol–water partition coefficient (Wildman–Crippen LogP) is 4.33. The minimum atomic E-state index is -0.626. The van der Waals surface area contributed by atoms with E-state index in [2.05, 4.69) is 5.32 Å². The zero-order chi connectivity index (χ0) is 17.0. The Kier molecular flexibility index (Phi) is 5.01. The number of hydrogen-bond donors (Lipinski definition) is 2. The zero-order valence-electron chi connectivity index (χ0n) is 13.5. The molecule has 0 unspecified atom stereocenters. The van der Waals surface area contributed by atoms with Gasteiger partial charge in [0.25, 0.3) is 5.91 Å². The summed E-state index contributed by atoms with van der Waals surface area (Å²) in [6.07, 6.45) is 0. The molecule has 0 aliphatic rings. The van der Waals surface area contributed by atoms with E-state index < -0.39 is 5.41 Å². The van der Waals surface area contributed by atoms with E-state index in [0.29, 0.717) is 0 Å². The molecule has 0 saturated heterocycles. The fraction of sp³-hybridized carbons (Fsp3) is 0.278. The average molecular weight is 316 g/mol. The van der Waals surface area contributed by atoms with Gasteiger partial charge in [-0.1, -0.05) is 32.9 Å². The Morgan fingerprint density at radius 2 is 1.52 bits per heavy atom. The van der Waals surface area contributed by atoms with Gasteiger partial charge in [0, 0.05) is 16.8 Å². The van der Waals surface area contributed by atoms with Gasteiger partial charge in [-0.3, -0.25) is 10.0 Å². The molecule has 2 aromatic carbocycles. The van der Waals surface area contributed by atoms with Crippen molar-refractivity contribution < 1.29 is 14.4 Å². The minimum Gasteiger partial charge on any atom is -0.356 e. The van der Waals surface area contributed by atoms with Crippen LogP contribution in [-0.4, -0.2) is 16.2 Å². The number of carbonyl (C=O) groups is 1. The summed E-state index contributed by atoms with van der Waals surface area (Å²) in [5.41, 5.74) is 1.81. The zero-order valence-corrected chi connectivity index (χ0v) is 13.5. The van der Waals surface area contributed by atoms with Crippen LogP contribution in [0.1, 0.15) is 26.3 Å². The summed E-state index contributed by atoms with van der Waals surface area (Å²) in [5.74, 6) is -0.608. The second kappa shape index (κ2) is 6.79.